The van der Waals surface area contributed by atoms with Crippen molar-refractivity contribution in [2.75, 3.05) is 0 Å². The van der Waals surface area contributed by atoms with Crippen molar-refractivity contribution < 1.29 is 0 Å². The van der Waals surface area contributed by atoms with Gasteiger partial charge in [0.15, 0.2) is 0 Å². The van der Waals surface area contributed by atoms with Gasteiger partial charge in [-0.15, -0.1) is 0 Å². The van der Waals surface area contributed by atoms with Crippen molar-refractivity contribution in [1.29, 1.82) is 0 Å². The maximum atomic E-state index is 11.0. The van der Waals surface area contributed by atoms with Crippen molar-refractivity contribution in [3.05, 3.63) is 22.6 Å². The van der Waals surface area contributed by atoms with Gasteiger partial charge in [0.05, 0.1) is 0 Å². The van der Waals surface area contributed by atoms with E-state index in [1.54, 1.807) is 14.0 Å². The van der Waals surface area contributed by atoms with Crippen LogP contribution in [0.5, 0.6) is 0 Å². The summed E-state index contributed by atoms with van der Waals surface area (Å²) in [5, 5.41) is 0. The Labute approximate surface area is 67.5 Å². The second-order valence-corrected chi connectivity index (χ2v) is 2.47. The lowest BCUT2D eigenvalue weighted by Crippen LogP contribution is -2.16. The van der Waals surface area contributed by atoms with Gasteiger partial charge >= 0.3 is 5.69 Å². The van der Waals surface area contributed by atoms with Gasteiger partial charge in [0.1, 0.15) is 12.2 Å². The summed E-state index contributed by atoms with van der Waals surface area (Å²) in [5.74, 6) is 0.989. The molecule has 0 radical (unpaired) electrons. The summed E-state index contributed by atoms with van der Waals surface area (Å²) in [6, 6.07) is 0. The fourth-order valence-corrected chi connectivity index (χ4v) is 0.953. The zero-order valence-corrected chi connectivity index (χ0v) is 6.72. The van der Waals surface area contributed by atoms with E-state index in [9.17, 15) is 4.79 Å². The van der Waals surface area contributed by atoms with Crippen molar-refractivity contribution >= 4 is 5.78 Å². The van der Waals surface area contributed by atoms with E-state index in [0.717, 1.165) is 0 Å². The minimum atomic E-state index is -0.324. The standard InChI is InChI=1S/C6H7N5O/c1-4-7-3-11-5(8-4)9-6(12)10(11)2/h3H,1-2H3. The summed E-state index contributed by atoms with van der Waals surface area (Å²) in [6.07, 6.45) is 1.52. The smallest absolute Gasteiger partial charge is 0.244 e. The second kappa shape index (κ2) is 2.13. The molecule has 0 N–H and O–H groups in total. The molecule has 0 aliphatic heterocycles. The Hall–Kier alpha value is -1.72. The Balaban J connectivity index is 2.96. The van der Waals surface area contributed by atoms with Crippen LogP contribution in [-0.4, -0.2) is 24.1 Å². The van der Waals surface area contributed by atoms with E-state index in [1.807, 2.05) is 0 Å². The maximum Gasteiger partial charge on any atom is 0.365 e. The number of aryl methyl sites for hydroxylation is 2. The first-order chi connectivity index (χ1) is 5.68. The van der Waals surface area contributed by atoms with E-state index in [-0.39, 0.29) is 5.69 Å². The van der Waals surface area contributed by atoms with Gasteiger partial charge < -0.3 is 0 Å². The summed E-state index contributed by atoms with van der Waals surface area (Å²) in [4.78, 5) is 22.6. The summed E-state index contributed by atoms with van der Waals surface area (Å²) >= 11 is 0. The first-order valence-corrected chi connectivity index (χ1v) is 3.43. The summed E-state index contributed by atoms with van der Waals surface area (Å²) in [7, 11) is 1.61. The molecule has 0 spiro atoms. The monoisotopic (exact) mass is 165 g/mol. The molecule has 0 saturated carbocycles. The van der Waals surface area contributed by atoms with Crippen molar-refractivity contribution in [3.63, 3.8) is 0 Å². The highest BCUT2D eigenvalue weighted by Crippen LogP contribution is 1.90. The molecule has 0 aliphatic carbocycles. The van der Waals surface area contributed by atoms with Gasteiger partial charge in [0.2, 0.25) is 0 Å². The quantitative estimate of drug-likeness (QED) is 0.509. The average molecular weight is 165 g/mol. The largest absolute Gasteiger partial charge is 0.365 e. The number of rotatable bonds is 0. The Morgan fingerprint density at radius 2 is 2.17 bits per heavy atom. The summed E-state index contributed by atoms with van der Waals surface area (Å²) in [6.45, 7) is 1.75. The third-order valence-electron chi connectivity index (χ3n) is 1.62. The molecule has 6 heteroatoms. The molecule has 0 amide bonds. The fourth-order valence-electron chi connectivity index (χ4n) is 0.953. The van der Waals surface area contributed by atoms with Crippen molar-refractivity contribution in [3.8, 4) is 0 Å². The fraction of sp³-hybridized carbons (Fsp3) is 0.333. The molecular formula is C6H7N5O. The van der Waals surface area contributed by atoms with Crippen LogP contribution < -0.4 is 5.69 Å². The van der Waals surface area contributed by atoms with Gasteiger partial charge in [-0.2, -0.15) is 9.97 Å². The second-order valence-electron chi connectivity index (χ2n) is 2.47. The van der Waals surface area contributed by atoms with Crippen LogP contribution in [-0.2, 0) is 7.05 Å². The highest BCUT2D eigenvalue weighted by Gasteiger charge is 2.02. The molecule has 2 aromatic heterocycles. The van der Waals surface area contributed by atoms with E-state index >= 15 is 0 Å². The zero-order valence-electron chi connectivity index (χ0n) is 6.72. The predicted molar refractivity (Wildman–Crippen MR) is 40.8 cm³/mol. The van der Waals surface area contributed by atoms with Crippen molar-refractivity contribution in [2.24, 2.45) is 7.05 Å². The molecule has 2 aromatic rings. The Kier molecular flexibility index (Phi) is 1.24. The molecule has 0 saturated heterocycles. The minimum absolute atomic E-state index is 0.324. The van der Waals surface area contributed by atoms with Gasteiger partial charge in [0.25, 0.3) is 5.78 Å². The van der Waals surface area contributed by atoms with Crippen LogP contribution in [0.1, 0.15) is 5.82 Å². The summed E-state index contributed by atoms with van der Waals surface area (Å²) < 4.78 is 2.84. The van der Waals surface area contributed by atoms with Gasteiger partial charge in [-0.25, -0.2) is 19.0 Å². The van der Waals surface area contributed by atoms with Crippen LogP contribution in [0.4, 0.5) is 0 Å². The maximum absolute atomic E-state index is 11.0. The van der Waals surface area contributed by atoms with Gasteiger partial charge in [-0.3, -0.25) is 0 Å². The summed E-state index contributed by atoms with van der Waals surface area (Å²) in [5.41, 5.74) is -0.324. The first kappa shape index (κ1) is 6.96. The van der Waals surface area contributed by atoms with Crippen LogP contribution in [0.2, 0.25) is 0 Å². The van der Waals surface area contributed by atoms with Gasteiger partial charge in [-0.05, 0) is 6.92 Å². The van der Waals surface area contributed by atoms with Crippen molar-refractivity contribution in [1.82, 2.24) is 24.1 Å². The zero-order chi connectivity index (χ0) is 8.72. The lowest BCUT2D eigenvalue weighted by atomic mass is 10.7. The molecule has 0 aromatic carbocycles. The van der Waals surface area contributed by atoms with Crippen LogP contribution in [0.15, 0.2) is 11.1 Å². The van der Waals surface area contributed by atoms with Crippen molar-refractivity contribution in [2.45, 2.75) is 6.92 Å². The Bertz CT molecular complexity index is 482. The van der Waals surface area contributed by atoms with Gasteiger partial charge in [-0.1, -0.05) is 0 Å². The number of fused-ring (bicyclic) bond motifs is 1. The molecule has 0 aliphatic rings. The predicted octanol–water partition coefficient (Wildman–Crippen LogP) is -0.869. The number of nitrogens with zero attached hydrogens (tertiary/aromatic N) is 5. The SMILES string of the molecule is Cc1ncn2c(n1)nc(=O)n2C. The third kappa shape index (κ3) is 0.810. The highest BCUT2D eigenvalue weighted by molar-refractivity contribution is 5.22. The molecule has 2 rings (SSSR count). The molecule has 0 fully saturated rings. The van der Waals surface area contributed by atoms with Crippen LogP contribution in [0, 0.1) is 6.92 Å². The Morgan fingerprint density at radius 3 is 2.92 bits per heavy atom. The normalized spacial score (nSPS) is 10.8. The molecule has 62 valence electrons. The number of hydrogen-bond acceptors (Lipinski definition) is 4. The number of hydrogen-bond donors (Lipinski definition) is 0. The molecule has 0 atom stereocenters. The van der Waals surface area contributed by atoms with Crippen LogP contribution >= 0.6 is 0 Å². The minimum Gasteiger partial charge on any atom is -0.244 e. The first-order valence-electron chi connectivity index (χ1n) is 3.43. The van der Waals surface area contributed by atoms with E-state index < -0.39 is 0 Å². The van der Waals surface area contributed by atoms with Crippen LogP contribution in [0.3, 0.4) is 0 Å². The molecule has 2 heterocycles. The number of aromatic nitrogens is 5. The van der Waals surface area contributed by atoms with E-state index in [1.165, 1.54) is 15.5 Å². The third-order valence-corrected chi connectivity index (χ3v) is 1.62. The lowest BCUT2D eigenvalue weighted by Gasteiger charge is -1.95. The van der Waals surface area contributed by atoms with Gasteiger partial charge in [0, 0.05) is 7.05 Å². The Morgan fingerprint density at radius 1 is 1.42 bits per heavy atom. The molecule has 12 heavy (non-hydrogen) atoms. The van der Waals surface area contributed by atoms with E-state index in [4.69, 9.17) is 0 Å². The molecule has 0 bridgehead atoms. The molecular weight excluding hydrogens is 158 g/mol. The highest BCUT2D eigenvalue weighted by atomic mass is 16.2. The molecule has 0 unspecified atom stereocenters. The van der Waals surface area contributed by atoms with E-state index in [2.05, 4.69) is 15.0 Å². The van der Waals surface area contributed by atoms with Crippen LogP contribution in [0.25, 0.3) is 5.78 Å². The lowest BCUT2D eigenvalue weighted by molar-refractivity contribution is 0.658. The topological polar surface area (TPSA) is 65.1 Å². The molecule has 6 nitrogen and oxygen atoms in total. The van der Waals surface area contributed by atoms with E-state index in [0.29, 0.717) is 11.6 Å². The average Bonchev–Trinajstić information content (AvgIpc) is 2.28.